The van der Waals surface area contributed by atoms with Gasteiger partial charge in [-0.15, -0.1) is 0 Å². The molecular formula is C9H18N2O2. The molecule has 0 saturated heterocycles. The Bertz CT molecular complexity index is 145. The van der Waals surface area contributed by atoms with Crippen LogP contribution in [-0.2, 0) is 4.74 Å². The lowest BCUT2D eigenvalue weighted by atomic mass is 10.3. The maximum absolute atomic E-state index is 8.75. The zero-order valence-corrected chi connectivity index (χ0v) is 8.20. The van der Waals surface area contributed by atoms with E-state index < -0.39 is 0 Å². The minimum atomic E-state index is 0.163. The number of aliphatic hydroxyl groups excluding tert-OH is 1. The van der Waals surface area contributed by atoms with Crippen molar-refractivity contribution in [3.05, 3.63) is 0 Å². The van der Waals surface area contributed by atoms with Crippen molar-refractivity contribution in [2.45, 2.75) is 12.8 Å². The van der Waals surface area contributed by atoms with Crippen LogP contribution in [0.15, 0.2) is 0 Å². The van der Waals surface area contributed by atoms with Crippen LogP contribution in [0, 0.1) is 11.3 Å². The van der Waals surface area contributed by atoms with E-state index in [0.29, 0.717) is 19.6 Å². The maximum atomic E-state index is 8.75. The highest BCUT2D eigenvalue weighted by atomic mass is 16.5. The summed E-state index contributed by atoms with van der Waals surface area (Å²) in [6.07, 6.45) is 1.44. The summed E-state index contributed by atoms with van der Waals surface area (Å²) in [6.45, 7) is 3.18. The molecule has 0 radical (unpaired) electrons. The van der Waals surface area contributed by atoms with Crippen LogP contribution in [0.3, 0.4) is 0 Å². The first kappa shape index (κ1) is 12.4. The van der Waals surface area contributed by atoms with E-state index in [1.165, 1.54) is 0 Å². The lowest BCUT2D eigenvalue weighted by Crippen LogP contribution is -2.31. The highest BCUT2D eigenvalue weighted by molar-refractivity contribution is 4.70. The smallest absolute Gasteiger partial charge is 0.0622 e. The summed E-state index contributed by atoms with van der Waals surface area (Å²) in [5, 5.41) is 17.1. The average Bonchev–Trinajstić information content (AvgIpc) is 2.14. The Morgan fingerprint density at radius 3 is 2.69 bits per heavy atom. The Morgan fingerprint density at radius 2 is 2.15 bits per heavy atom. The van der Waals surface area contributed by atoms with Crippen molar-refractivity contribution in [2.75, 3.05) is 40.0 Å². The second-order valence-corrected chi connectivity index (χ2v) is 2.82. The summed E-state index contributed by atoms with van der Waals surface area (Å²) in [5.41, 5.74) is 0. The zero-order valence-electron chi connectivity index (χ0n) is 8.20. The van der Waals surface area contributed by atoms with Crippen molar-refractivity contribution in [3.8, 4) is 6.07 Å². The normalized spacial score (nSPS) is 10.3. The molecular weight excluding hydrogens is 168 g/mol. The number of unbranched alkanes of at least 4 members (excludes halogenated alkanes) is 1. The predicted octanol–water partition coefficient (Wildman–Crippen LogP) is 0.231. The largest absolute Gasteiger partial charge is 0.395 e. The fourth-order valence-electron chi connectivity index (χ4n) is 1.08. The van der Waals surface area contributed by atoms with Gasteiger partial charge < -0.3 is 9.84 Å². The number of hydrogen-bond donors (Lipinski definition) is 1. The van der Waals surface area contributed by atoms with Crippen molar-refractivity contribution in [2.24, 2.45) is 0 Å². The van der Waals surface area contributed by atoms with E-state index in [1.54, 1.807) is 7.11 Å². The van der Waals surface area contributed by atoms with Gasteiger partial charge in [-0.05, 0) is 13.0 Å². The first-order valence-electron chi connectivity index (χ1n) is 4.54. The van der Waals surface area contributed by atoms with Gasteiger partial charge in [0, 0.05) is 26.6 Å². The molecule has 0 heterocycles. The molecule has 0 bridgehead atoms. The summed E-state index contributed by atoms with van der Waals surface area (Å²) < 4.78 is 4.94. The molecule has 0 aliphatic heterocycles. The lowest BCUT2D eigenvalue weighted by molar-refractivity contribution is 0.130. The lowest BCUT2D eigenvalue weighted by Gasteiger charge is -2.19. The van der Waals surface area contributed by atoms with Gasteiger partial charge in [0.2, 0.25) is 0 Å². The molecule has 0 spiro atoms. The average molecular weight is 186 g/mol. The number of hydrogen-bond acceptors (Lipinski definition) is 4. The molecule has 76 valence electrons. The van der Waals surface area contributed by atoms with E-state index >= 15 is 0 Å². The summed E-state index contributed by atoms with van der Waals surface area (Å²) in [4.78, 5) is 2.10. The molecule has 0 aromatic rings. The molecule has 0 saturated carbocycles. The monoisotopic (exact) mass is 186 g/mol. The Hall–Kier alpha value is -0.630. The van der Waals surface area contributed by atoms with E-state index in [9.17, 15) is 0 Å². The third-order valence-electron chi connectivity index (χ3n) is 1.79. The van der Waals surface area contributed by atoms with Crippen molar-refractivity contribution in [1.29, 1.82) is 5.26 Å². The summed E-state index contributed by atoms with van der Waals surface area (Å²) in [7, 11) is 1.66. The van der Waals surface area contributed by atoms with Gasteiger partial charge in [-0.1, -0.05) is 0 Å². The molecule has 0 aromatic carbocycles. The Morgan fingerprint density at radius 1 is 1.38 bits per heavy atom. The van der Waals surface area contributed by atoms with Crippen LogP contribution < -0.4 is 0 Å². The summed E-state index contributed by atoms with van der Waals surface area (Å²) in [5.74, 6) is 0. The van der Waals surface area contributed by atoms with Gasteiger partial charge >= 0.3 is 0 Å². The second-order valence-electron chi connectivity index (χ2n) is 2.82. The molecule has 0 aliphatic rings. The Balaban J connectivity index is 3.48. The van der Waals surface area contributed by atoms with Crippen LogP contribution in [0.5, 0.6) is 0 Å². The van der Waals surface area contributed by atoms with Gasteiger partial charge in [0.15, 0.2) is 0 Å². The van der Waals surface area contributed by atoms with Crippen molar-refractivity contribution in [1.82, 2.24) is 4.90 Å². The Kier molecular flexibility index (Phi) is 9.00. The van der Waals surface area contributed by atoms with Crippen LogP contribution in [0.4, 0.5) is 0 Å². The molecule has 4 nitrogen and oxygen atoms in total. The number of ether oxygens (including phenoxy) is 1. The molecule has 0 atom stereocenters. The third-order valence-corrected chi connectivity index (χ3v) is 1.79. The van der Waals surface area contributed by atoms with Crippen LogP contribution in [0.2, 0.25) is 0 Å². The number of rotatable bonds is 8. The van der Waals surface area contributed by atoms with Gasteiger partial charge in [0.1, 0.15) is 0 Å². The van der Waals surface area contributed by atoms with E-state index in [1.807, 2.05) is 0 Å². The van der Waals surface area contributed by atoms with Crippen LogP contribution in [0.25, 0.3) is 0 Å². The number of methoxy groups -OCH3 is 1. The summed E-state index contributed by atoms with van der Waals surface area (Å²) in [6, 6.07) is 2.10. The number of nitriles is 1. The minimum absolute atomic E-state index is 0.163. The minimum Gasteiger partial charge on any atom is -0.395 e. The maximum Gasteiger partial charge on any atom is 0.0622 e. The molecule has 0 amide bonds. The van der Waals surface area contributed by atoms with Crippen molar-refractivity contribution < 1.29 is 9.84 Å². The highest BCUT2D eigenvalue weighted by Crippen LogP contribution is 1.94. The van der Waals surface area contributed by atoms with Gasteiger partial charge in [-0.3, -0.25) is 4.90 Å². The number of nitrogens with zero attached hydrogens (tertiary/aromatic N) is 2. The van der Waals surface area contributed by atoms with Crippen LogP contribution >= 0.6 is 0 Å². The van der Waals surface area contributed by atoms with Crippen molar-refractivity contribution in [3.63, 3.8) is 0 Å². The Labute approximate surface area is 79.7 Å². The first-order chi connectivity index (χ1) is 6.35. The fraction of sp³-hybridized carbons (Fsp3) is 0.889. The van der Waals surface area contributed by atoms with Gasteiger partial charge in [0.25, 0.3) is 0 Å². The zero-order chi connectivity index (χ0) is 9.94. The molecule has 0 aromatic heterocycles. The molecule has 13 heavy (non-hydrogen) atoms. The van der Waals surface area contributed by atoms with Crippen molar-refractivity contribution >= 4 is 0 Å². The van der Waals surface area contributed by atoms with E-state index in [4.69, 9.17) is 15.1 Å². The number of aliphatic hydroxyl groups is 1. The molecule has 0 aliphatic carbocycles. The fourth-order valence-corrected chi connectivity index (χ4v) is 1.08. The van der Waals surface area contributed by atoms with Gasteiger partial charge in [-0.2, -0.15) is 5.26 Å². The van der Waals surface area contributed by atoms with E-state index in [-0.39, 0.29) is 6.61 Å². The van der Waals surface area contributed by atoms with Crippen LogP contribution in [0.1, 0.15) is 12.8 Å². The molecule has 0 fully saturated rings. The SMILES string of the molecule is COCCN(CCO)CCCC#N. The van der Waals surface area contributed by atoms with Gasteiger partial charge in [-0.25, -0.2) is 0 Å². The molecule has 4 heteroatoms. The highest BCUT2D eigenvalue weighted by Gasteiger charge is 2.02. The predicted molar refractivity (Wildman–Crippen MR) is 50.2 cm³/mol. The third kappa shape index (κ3) is 7.72. The first-order valence-corrected chi connectivity index (χ1v) is 4.54. The van der Waals surface area contributed by atoms with Gasteiger partial charge in [0.05, 0.1) is 19.3 Å². The quantitative estimate of drug-likeness (QED) is 0.551. The topological polar surface area (TPSA) is 56.5 Å². The standard InChI is InChI=1S/C9H18N2O2/c1-13-9-7-11(6-8-12)5-3-2-4-10/h12H,2-3,5-9H2,1H3. The van der Waals surface area contributed by atoms with E-state index in [2.05, 4.69) is 11.0 Å². The van der Waals surface area contributed by atoms with Crippen LogP contribution in [-0.4, -0.2) is 50.0 Å². The molecule has 0 unspecified atom stereocenters. The second kappa shape index (κ2) is 9.46. The van der Waals surface area contributed by atoms with E-state index in [0.717, 1.165) is 19.5 Å². The molecule has 0 rings (SSSR count). The molecule has 1 N–H and O–H groups in total. The summed E-state index contributed by atoms with van der Waals surface area (Å²) >= 11 is 0.